The van der Waals surface area contributed by atoms with Gasteiger partial charge in [-0.15, -0.1) is 0 Å². The molecule has 1 fully saturated rings. The highest BCUT2D eigenvalue weighted by molar-refractivity contribution is 6.00. The van der Waals surface area contributed by atoms with Crippen LogP contribution in [0.15, 0.2) is 109 Å². The molecule has 0 radical (unpaired) electrons. The standard InChI is InChI=1S/C34H29FN8O2/c35-26-12-1-2-13-27(26)40-34(45)38-23-9-5-8-22(20-23)31-32(43-18-4-3-14-29(43)41-31)28-16-17-36-33(39-28)37-24-10-6-11-25(21-24)42-19-7-15-30(42)44/h1-6,8-14,16-18,20-21,30,44H,7,15,19H2,(H,36,37,39)(H2,38,40,45). The number of anilines is 5. The third-order valence-electron chi connectivity index (χ3n) is 7.60. The lowest BCUT2D eigenvalue weighted by molar-refractivity contribution is 0.186. The largest absolute Gasteiger partial charge is 0.374 e. The Morgan fingerprint density at radius 1 is 0.889 bits per heavy atom. The molecule has 1 aliphatic rings. The van der Waals surface area contributed by atoms with Gasteiger partial charge in [0, 0.05) is 41.6 Å². The van der Waals surface area contributed by atoms with E-state index in [0.29, 0.717) is 23.0 Å². The third kappa shape index (κ3) is 5.89. The van der Waals surface area contributed by atoms with E-state index in [1.54, 1.807) is 24.4 Å². The van der Waals surface area contributed by atoms with Crippen molar-refractivity contribution < 1.29 is 14.3 Å². The van der Waals surface area contributed by atoms with E-state index in [9.17, 15) is 14.3 Å². The van der Waals surface area contributed by atoms with Crippen molar-refractivity contribution in [3.05, 3.63) is 115 Å². The first-order valence-corrected chi connectivity index (χ1v) is 14.6. The maximum absolute atomic E-state index is 14.0. The van der Waals surface area contributed by atoms with E-state index < -0.39 is 18.1 Å². The molecule has 11 heteroatoms. The number of urea groups is 1. The van der Waals surface area contributed by atoms with Gasteiger partial charge in [0.1, 0.15) is 17.7 Å². The Bertz CT molecular complexity index is 2010. The van der Waals surface area contributed by atoms with Crippen LogP contribution in [0.2, 0.25) is 0 Å². The lowest BCUT2D eigenvalue weighted by atomic mass is 10.1. The smallest absolute Gasteiger partial charge is 0.323 e. The molecule has 0 saturated carbocycles. The summed E-state index contributed by atoms with van der Waals surface area (Å²) in [5.74, 6) is -0.115. The molecule has 45 heavy (non-hydrogen) atoms. The topological polar surface area (TPSA) is 120 Å². The second-order valence-electron chi connectivity index (χ2n) is 10.6. The van der Waals surface area contributed by atoms with Gasteiger partial charge >= 0.3 is 6.03 Å². The normalized spacial score (nSPS) is 14.4. The van der Waals surface area contributed by atoms with Gasteiger partial charge in [0.05, 0.1) is 22.8 Å². The number of nitrogens with zero attached hydrogens (tertiary/aromatic N) is 5. The van der Waals surface area contributed by atoms with E-state index in [-0.39, 0.29) is 5.69 Å². The van der Waals surface area contributed by atoms with E-state index in [2.05, 4.69) is 20.9 Å². The number of fused-ring (bicyclic) bond motifs is 1. The van der Waals surface area contributed by atoms with Gasteiger partial charge < -0.3 is 26.0 Å². The molecule has 6 aromatic rings. The second kappa shape index (κ2) is 12.1. The van der Waals surface area contributed by atoms with Crippen molar-refractivity contribution in [1.82, 2.24) is 19.4 Å². The number of hydrogen-bond donors (Lipinski definition) is 4. The van der Waals surface area contributed by atoms with Gasteiger partial charge in [0.25, 0.3) is 0 Å². The molecule has 1 unspecified atom stereocenters. The number of carbonyl (C=O) groups excluding carboxylic acids is 1. The van der Waals surface area contributed by atoms with Crippen molar-refractivity contribution in [3.8, 4) is 22.6 Å². The van der Waals surface area contributed by atoms with Crippen molar-refractivity contribution in [3.63, 3.8) is 0 Å². The lowest BCUT2D eigenvalue weighted by Crippen LogP contribution is -2.28. The number of nitrogens with one attached hydrogen (secondary N) is 3. The maximum Gasteiger partial charge on any atom is 0.323 e. The SMILES string of the molecule is O=C(Nc1cccc(-c2nc3ccccn3c2-c2ccnc(Nc3cccc(N4CCCC4O)c3)n2)c1)Nc1ccccc1F. The van der Waals surface area contributed by atoms with Crippen LogP contribution in [0, 0.1) is 5.82 Å². The Kier molecular flexibility index (Phi) is 7.50. The minimum atomic E-state index is -0.567. The van der Waals surface area contributed by atoms with Crippen molar-refractivity contribution in [2.45, 2.75) is 19.1 Å². The Hall–Kier alpha value is -5.81. The lowest BCUT2D eigenvalue weighted by Gasteiger charge is -2.23. The Morgan fingerprint density at radius 3 is 2.60 bits per heavy atom. The number of imidazole rings is 1. The molecule has 4 heterocycles. The zero-order valence-electron chi connectivity index (χ0n) is 24.1. The molecule has 3 aromatic heterocycles. The van der Waals surface area contributed by atoms with Crippen LogP contribution in [0.25, 0.3) is 28.3 Å². The monoisotopic (exact) mass is 600 g/mol. The molecular formula is C34H29FN8O2. The highest BCUT2D eigenvalue weighted by Gasteiger charge is 2.23. The number of para-hydroxylation sites is 1. The van der Waals surface area contributed by atoms with Crippen molar-refractivity contribution in [1.29, 1.82) is 0 Å². The molecule has 0 spiro atoms. The Labute approximate surface area is 258 Å². The molecule has 0 aliphatic carbocycles. The van der Waals surface area contributed by atoms with Crippen LogP contribution < -0.4 is 20.9 Å². The van der Waals surface area contributed by atoms with Gasteiger partial charge in [-0.2, -0.15) is 0 Å². The fourth-order valence-corrected chi connectivity index (χ4v) is 5.53. The molecule has 0 bridgehead atoms. The fraction of sp³-hybridized carbons (Fsp3) is 0.118. The van der Waals surface area contributed by atoms with Gasteiger partial charge in [0.2, 0.25) is 5.95 Å². The quantitative estimate of drug-likeness (QED) is 0.157. The molecule has 4 N–H and O–H groups in total. The van der Waals surface area contributed by atoms with Crippen LogP contribution in [0.5, 0.6) is 0 Å². The number of aliphatic hydroxyl groups is 1. The van der Waals surface area contributed by atoms with Crippen LogP contribution in [0.1, 0.15) is 12.8 Å². The zero-order chi connectivity index (χ0) is 30.8. The van der Waals surface area contributed by atoms with E-state index in [0.717, 1.165) is 47.7 Å². The fourth-order valence-electron chi connectivity index (χ4n) is 5.53. The van der Waals surface area contributed by atoms with E-state index in [1.807, 2.05) is 82.2 Å². The van der Waals surface area contributed by atoms with Crippen LogP contribution in [-0.4, -0.2) is 43.3 Å². The molecule has 10 nitrogen and oxygen atoms in total. The number of aliphatic hydroxyl groups excluding tert-OH is 1. The average Bonchev–Trinajstić information content (AvgIpc) is 3.66. The van der Waals surface area contributed by atoms with Crippen molar-refractivity contribution >= 4 is 40.4 Å². The first kappa shape index (κ1) is 28.0. The minimum absolute atomic E-state index is 0.0855. The number of hydrogen-bond acceptors (Lipinski definition) is 7. The van der Waals surface area contributed by atoms with Crippen LogP contribution >= 0.6 is 0 Å². The highest BCUT2D eigenvalue weighted by Crippen LogP contribution is 2.34. The first-order valence-electron chi connectivity index (χ1n) is 14.6. The Morgan fingerprint density at radius 2 is 1.73 bits per heavy atom. The summed E-state index contributed by atoms with van der Waals surface area (Å²) in [4.78, 5) is 28.9. The predicted molar refractivity (Wildman–Crippen MR) is 173 cm³/mol. The molecule has 1 atom stereocenters. The van der Waals surface area contributed by atoms with Crippen LogP contribution in [-0.2, 0) is 0 Å². The summed E-state index contributed by atoms with van der Waals surface area (Å²) in [7, 11) is 0. The summed E-state index contributed by atoms with van der Waals surface area (Å²) in [6.45, 7) is 0.806. The molecule has 2 amide bonds. The van der Waals surface area contributed by atoms with E-state index in [4.69, 9.17) is 9.97 Å². The number of rotatable bonds is 7. The minimum Gasteiger partial charge on any atom is -0.374 e. The van der Waals surface area contributed by atoms with Gasteiger partial charge in [-0.05, 0) is 73.5 Å². The van der Waals surface area contributed by atoms with Crippen LogP contribution in [0.3, 0.4) is 0 Å². The maximum atomic E-state index is 14.0. The average molecular weight is 601 g/mol. The number of halogens is 1. The summed E-state index contributed by atoms with van der Waals surface area (Å²) in [5, 5.41) is 19.0. The Balaban J connectivity index is 1.19. The van der Waals surface area contributed by atoms with Gasteiger partial charge in [-0.25, -0.2) is 24.1 Å². The van der Waals surface area contributed by atoms with Gasteiger partial charge in [-0.1, -0.05) is 36.4 Å². The molecular weight excluding hydrogens is 571 g/mol. The molecule has 224 valence electrons. The van der Waals surface area contributed by atoms with Gasteiger partial charge in [0.15, 0.2) is 0 Å². The second-order valence-corrected chi connectivity index (χ2v) is 10.6. The van der Waals surface area contributed by atoms with E-state index in [1.165, 1.54) is 12.1 Å². The molecule has 3 aromatic carbocycles. The number of aromatic nitrogens is 4. The van der Waals surface area contributed by atoms with E-state index >= 15 is 0 Å². The number of benzene rings is 3. The number of carbonyl (C=O) groups is 1. The summed E-state index contributed by atoms with van der Waals surface area (Å²) in [6.07, 6.45) is 4.83. The van der Waals surface area contributed by atoms with Crippen molar-refractivity contribution in [2.75, 3.05) is 27.4 Å². The molecule has 7 rings (SSSR count). The number of pyridine rings is 1. The zero-order valence-corrected chi connectivity index (χ0v) is 24.1. The van der Waals surface area contributed by atoms with Gasteiger partial charge in [-0.3, -0.25) is 4.40 Å². The third-order valence-corrected chi connectivity index (χ3v) is 7.60. The molecule has 1 aliphatic heterocycles. The first-order chi connectivity index (χ1) is 22.0. The summed E-state index contributed by atoms with van der Waals surface area (Å²) in [6, 6.07) is 28.1. The summed E-state index contributed by atoms with van der Waals surface area (Å²) >= 11 is 0. The molecule has 1 saturated heterocycles. The number of amides is 2. The van der Waals surface area contributed by atoms with Crippen LogP contribution in [0.4, 0.5) is 37.9 Å². The van der Waals surface area contributed by atoms with Crippen molar-refractivity contribution in [2.24, 2.45) is 0 Å². The summed E-state index contributed by atoms with van der Waals surface area (Å²) < 4.78 is 16.0. The highest BCUT2D eigenvalue weighted by atomic mass is 19.1. The predicted octanol–water partition coefficient (Wildman–Crippen LogP) is 6.90. The summed E-state index contributed by atoms with van der Waals surface area (Å²) in [5.41, 5.74) is 5.86.